The first kappa shape index (κ1) is 18.3. The second kappa shape index (κ2) is 8.70. The fraction of sp³-hybridized carbons (Fsp3) is 0.118. The number of ether oxygens (including phenoxy) is 1. The van der Waals surface area contributed by atoms with Crippen LogP contribution in [0, 0.1) is 0 Å². The van der Waals surface area contributed by atoms with E-state index in [0.717, 1.165) is 0 Å². The average molecular weight is 362 g/mol. The predicted molar refractivity (Wildman–Crippen MR) is 95.1 cm³/mol. The highest BCUT2D eigenvalue weighted by Gasteiger charge is 2.09. The lowest BCUT2D eigenvalue weighted by Gasteiger charge is -2.05. The number of hydrogen-bond acceptors (Lipinski definition) is 5. The normalized spacial score (nSPS) is 10.5. The summed E-state index contributed by atoms with van der Waals surface area (Å²) in [5, 5.41) is 16.7. The fourth-order valence-corrected chi connectivity index (χ4v) is 2.03. The number of nitrogens with one attached hydrogen (secondary N) is 2. The summed E-state index contributed by atoms with van der Waals surface area (Å²) in [6.45, 7) is 0. The van der Waals surface area contributed by atoms with Gasteiger partial charge in [0.1, 0.15) is 6.42 Å². The summed E-state index contributed by atoms with van der Waals surface area (Å²) in [5.74, 6) is -0.884. The molecule has 2 rings (SSSR count). The lowest BCUT2D eigenvalue weighted by atomic mass is 10.2. The van der Waals surface area contributed by atoms with Crippen molar-refractivity contribution in [3.05, 3.63) is 53.1 Å². The highest BCUT2D eigenvalue weighted by Crippen LogP contribution is 2.27. The number of aromatic hydroxyl groups is 1. The van der Waals surface area contributed by atoms with Gasteiger partial charge in [0, 0.05) is 16.3 Å². The number of phenolic OH excluding ortho intramolecular Hbond substituents is 1. The van der Waals surface area contributed by atoms with Crippen LogP contribution in [0.3, 0.4) is 0 Å². The molecule has 8 heteroatoms. The van der Waals surface area contributed by atoms with E-state index in [1.807, 2.05) is 0 Å². The van der Waals surface area contributed by atoms with Gasteiger partial charge < -0.3 is 15.2 Å². The molecule has 2 amide bonds. The van der Waals surface area contributed by atoms with E-state index in [9.17, 15) is 14.7 Å². The topological polar surface area (TPSA) is 100 Å². The van der Waals surface area contributed by atoms with E-state index in [-0.39, 0.29) is 11.5 Å². The van der Waals surface area contributed by atoms with Crippen LogP contribution in [0.1, 0.15) is 12.0 Å². The zero-order valence-corrected chi connectivity index (χ0v) is 14.1. The molecule has 0 saturated heterocycles. The molecular weight excluding hydrogens is 346 g/mol. The molecule has 0 aliphatic heterocycles. The first-order chi connectivity index (χ1) is 12.0. The van der Waals surface area contributed by atoms with Gasteiger partial charge in [-0.15, -0.1) is 0 Å². The molecular formula is C17H16ClN3O4. The van der Waals surface area contributed by atoms with Crippen molar-refractivity contribution in [1.82, 2.24) is 5.43 Å². The Hall–Kier alpha value is -3.06. The molecule has 0 saturated carbocycles. The Kier molecular flexibility index (Phi) is 6.36. The van der Waals surface area contributed by atoms with Crippen molar-refractivity contribution in [1.29, 1.82) is 0 Å². The van der Waals surface area contributed by atoms with Crippen LogP contribution in [0.25, 0.3) is 0 Å². The van der Waals surface area contributed by atoms with Crippen LogP contribution in [0.4, 0.5) is 5.69 Å². The molecule has 2 aromatic carbocycles. The number of hydrogen-bond donors (Lipinski definition) is 3. The molecule has 0 atom stereocenters. The Morgan fingerprint density at radius 2 is 1.92 bits per heavy atom. The standard InChI is InChI=1S/C17H16ClN3O4/c1-25-14-4-2-3-11(17(14)24)10-19-21-16(23)9-15(22)20-13-7-5-12(18)6-8-13/h2-8,10,24H,9H2,1H3,(H,20,22)(H,21,23). The van der Waals surface area contributed by atoms with Gasteiger partial charge in [-0.3, -0.25) is 9.59 Å². The molecule has 0 aromatic heterocycles. The van der Waals surface area contributed by atoms with Crippen molar-refractivity contribution < 1.29 is 19.4 Å². The zero-order chi connectivity index (χ0) is 18.2. The summed E-state index contributed by atoms with van der Waals surface area (Å²) in [5.41, 5.74) is 3.12. The lowest BCUT2D eigenvalue weighted by molar-refractivity contribution is -0.126. The van der Waals surface area contributed by atoms with Gasteiger partial charge >= 0.3 is 0 Å². The maximum absolute atomic E-state index is 11.8. The second-order valence-corrected chi connectivity index (χ2v) is 5.36. The SMILES string of the molecule is COc1cccc(C=NNC(=O)CC(=O)Nc2ccc(Cl)cc2)c1O. The van der Waals surface area contributed by atoms with Crippen molar-refractivity contribution in [2.45, 2.75) is 6.42 Å². The number of anilines is 1. The number of carbonyl (C=O) groups is 2. The number of nitrogens with zero attached hydrogens (tertiary/aromatic N) is 1. The third-order valence-electron chi connectivity index (χ3n) is 3.09. The molecule has 0 unspecified atom stereocenters. The highest BCUT2D eigenvalue weighted by molar-refractivity contribution is 6.30. The van der Waals surface area contributed by atoms with E-state index in [1.54, 1.807) is 42.5 Å². The minimum atomic E-state index is -0.593. The van der Waals surface area contributed by atoms with Gasteiger partial charge in [0.2, 0.25) is 11.8 Å². The molecule has 0 radical (unpaired) electrons. The van der Waals surface area contributed by atoms with Gasteiger partial charge in [-0.25, -0.2) is 5.43 Å². The third kappa shape index (κ3) is 5.50. The molecule has 130 valence electrons. The number of para-hydroxylation sites is 1. The monoisotopic (exact) mass is 361 g/mol. The number of halogens is 1. The van der Waals surface area contributed by atoms with Crippen molar-refractivity contribution in [2.24, 2.45) is 5.10 Å². The average Bonchev–Trinajstić information content (AvgIpc) is 2.58. The molecule has 0 aliphatic carbocycles. The zero-order valence-electron chi connectivity index (χ0n) is 13.3. The Morgan fingerprint density at radius 3 is 2.60 bits per heavy atom. The number of benzene rings is 2. The van der Waals surface area contributed by atoms with Gasteiger partial charge in [-0.2, -0.15) is 5.10 Å². The van der Waals surface area contributed by atoms with Crippen LogP contribution in [0.5, 0.6) is 11.5 Å². The molecule has 0 fully saturated rings. The smallest absolute Gasteiger partial charge is 0.249 e. The second-order valence-electron chi connectivity index (χ2n) is 4.92. The van der Waals surface area contributed by atoms with Crippen LogP contribution >= 0.6 is 11.6 Å². The van der Waals surface area contributed by atoms with E-state index in [0.29, 0.717) is 16.3 Å². The molecule has 3 N–H and O–H groups in total. The van der Waals surface area contributed by atoms with E-state index in [1.165, 1.54) is 13.3 Å². The van der Waals surface area contributed by atoms with E-state index in [2.05, 4.69) is 15.8 Å². The minimum Gasteiger partial charge on any atom is -0.504 e. The fourth-order valence-electron chi connectivity index (χ4n) is 1.91. The predicted octanol–water partition coefficient (Wildman–Crippen LogP) is 2.53. The Balaban J connectivity index is 1.86. The van der Waals surface area contributed by atoms with Gasteiger partial charge in [-0.05, 0) is 36.4 Å². The number of amides is 2. The molecule has 0 heterocycles. The Labute approximate surface area is 149 Å². The number of hydrazone groups is 1. The maximum atomic E-state index is 11.8. The Morgan fingerprint density at radius 1 is 1.20 bits per heavy atom. The van der Waals surface area contributed by atoms with Crippen molar-refractivity contribution in [3.63, 3.8) is 0 Å². The summed E-state index contributed by atoms with van der Waals surface area (Å²) in [7, 11) is 1.43. The third-order valence-corrected chi connectivity index (χ3v) is 3.34. The van der Waals surface area contributed by atoms with Crippen LogP contribution in [0.2, 0.25) is 5.02 Å². The Bertz CT molecular complexity index is 791. The van der Waals surface area contributed by atoms with Gasteiger partial charge in [0.15, 0.2) is 11.5 Å². The first-order valence-electron chi connectivity index (χ1n) is 7.23. The molecule has 0 bridgehead atoms. The van der Waals surface area contributed by atoms with Crippen LogP contribution in [-0.2, 0) is 9.59 Å². The van der Waals surface area contributed by atoms with Gasteiger partial charge in [0.05, 0.1) is 13.3 Å². The van der Waals surface area contributed by atoms with E-state index >= 15 is 0 Å². The summed E-state index contributed by atoms with van der Waals surface area (Å²) in [6.07, 6.45) is 0.858. The van der Waals surface area contributed by atoms with Gasteiger partial charge in [-0.1, -0.05) is 17.7 Å². The van der Waals surface area contributed by atoms with Crippen LogP contribution in [0.15, 0.2) is 47.6 Å². The molecule has 0 aliphatic rings. The molecule has 7 nitrogen and oxygen atoms in total. The summed E-state index contributed by atoms with van der Waals surface area (Å²) >= 11 is 5.75. The number of carbonyl (C=O) groups excluding carboxylic acids is 2. The summed E-state index contributed by atoms with van der Waals surface area (Å²) in [6, 6.07) is 11.4. The molecule has 0 spiro atoms. The lowest BCUT2D eigenvalue weighted by Crippen LogP contribution is -2.24. The van der Waals surface area contributed by atoms with E-state index in [4.69, 9.17) is 16.3 Å². The quantitative estimate of drug-likeness (QED) is 0.418. The van der Waals surface area contributed by atoms with E-state index < -0.39 is 18.2 Å². The summed E-state index contributed by atoms with van der Waals surface area (Å²) < 4.78 is 4.97. The van der Waals surface area contributed by atoms with Crippen LogP contribution < -0.4 is 15.5 Å². The maximum Gasteiger partial charge on any atom is 0.249 e. The largest absolute Gasteiger partial charge is 0.504 e. The minimum absolute atomic E-state index is 0.0940. The highest BCUT2D eigenvalue weighted by atomic mass is 35.5. The number of rotatable bonds is 6. The summed E-state index contributed by atoms with van der Waals surface area (Å²) in [4.78, 5) is 23.5. The number of methoxy groups -OCH3 is 1. The van der Waals surface area contributed by atoms with Crippen molar-refractivity contribution >= 4 is 35.3 Å². The van der Waals surface area contributed by atoms with Gasteiger partial charge in [0.25, 0.3) is 0 Å². The molecule has 2 aromatic rings. The molecule has 25 heavy (non-hydrogen) atoms. The number of phenols is 1. The van der Waals surface area contributed by atoms with Crippen LogP contribution in [-0.4, -0.2) is 30.2 Å². The van der Waals surface area contributed by atoms with Crippen molar-refractivity contribution in [2.75, 3.05) is 12.4 Å². The first-order valence-corrected chi connectivity index (χ1v) is 7.60. The van der Waals surface area contributed by atoms with Crippen molar-refractivity contribution in [3.8, 4) is 11.5 Å².